The number of hydrogen-bond donors (Lipinski definition) is 0. The first-order valence-corrected chi connectivity index (χ1v) is 36.1. The molecule has 0 aliphatic heterocycles. The van der Waals surface area contributed by atoms with Crippen LogP contribution in [0.5, 0.6) is 0 Å². The highest BCUT2D eigenvalue weighted by molar-refractivity contribution is 6.87. The van der Waals surface area contributed by atoms with E-state index in [4.69, 9.17) is 4.98 Å². The average Bonchev–Trinajstić information content (AvgIpc) is 3.69. The molecule has 0 saturated heterocycles. The molecule has 1 heterocycles. The monoisotopic (exact) mass is 1160 g/mol. The molecule has 3 heteroatoms. The maximum absolute atomic E-state index is 4.78. The Morgan fingerprint density at radius 3 is 0.648 bits per heavy atom. The van der Waals surface area contributed by atoms with E-state index in [0.29, 0.717) is 22.3 Å². The molecule has 0 saturated carbocycles. The molecule has 0 aliphatic rings. The fraction of sp³-hybridized carbons (Fsp3) is 0.141. The Balaban J connectivity index is 1.28. The summed E-state index contributed by atoms with van der Waals surface area (Å²) in [5.74, 6) is 36.8. The molecule has 8 aromatic carbocycles. The Morgan fingerprint density at radius 1 is 0.261 bits per heavy atom. The van der Waals surface area contributed by atoms with Crippen molar-refractivity contribution in [3.63, 3.8) is 0 Å². The van der Waals surface area contributed by atoms with Crippen molar-refractivity contribution in [2.45, 2.75) is 77.8 Å². The zero-order chi connectivity index (χ0) is 61.2. The molecule has 0 bridgehead atoms. The van der Waals surface area contributed by atoms with Crippen molar-refractivity contribution in [3.8, 4) is 70.3 Å². The normalized spacial score (nSPS) is 10.3. The molecule has 0 atom stereocenters. The standard InChI is InChI=1S/C85H73NSi2/c1-7-87(8-2,9-3)63-61-80(84(74-45-29-17-30-46-74)75-47-31-18-32-48-75)59-57-78(82(70-37-21-13-22-38-70)71-39-23-14-24-40-71)55-53-68-65-69(67-86-66-68)54-56-79(83(72-41-25-15-26-42-72)73-43-27-16-28-44-73)58-60-81(62-64-88(10-4,11-5)12-6)85(76-49-33-19-34-50-76)77-51-35-20-36-52-77/h13-52,65-67H,7-12H2,1-6H3. The van der Waals surface area contributed by atoms with Gasteiger partial charge in [0.25, 0.3) is 0 Å². The van der Waals surface area contributed by atoms with Crippen LogP contribution in [0.1, 0.15) is 97.2 Å². The minimum atomic E-state index is -1.92. The van der Waals surface area contributed by atoms with Gasteiger partial charge in [0.15, 0.2) is 0 Å². The predicted octanol–water partition coefficient (Wildman–Crippen LogP) is 19.9. The van der Waals surface area contributed by atoms with E-state index >= 15 is 0 Å². The molecule has 0 radical (unpaired) electrons. The maximum atomic E-state index is 4.78. The smallest absolute Gasteiger partial charge is 0.138 e. The Morgan fingerprint density at radius 2 is 0.455 bits per heavy atom. The highest BCUT2D eigenvalue weighted by atomic mass is 28.3. The van der Waals surface area contributed by atoms with Crippen LogP contribution in [0, 0.1) is 70.3 Å². The van der Waals surface area contributed by atoms with Gasteiger partial charge in [-0.3, -0.25) is 4.98 Å². The van der Waals surface area contributed by atoms with Crippen molar-refractivity contribution < 1.29 is 0 Å². The zero-order valence-electron chi connectivity index (χ0n) is 51.5. The number of allylic oxidation sites excluding steroid dienone is 4. The molecule has 0 aliphatic carbocycles. The van der Waals surface area contributed by atoms with E-state index in [1.54, 1.807) is 12.4 Å². The van der Waals surface area contributed by atoms with E-state index in [2.05, 4.69) is 330 Å². The summed E-state index contributed by atoms with van der Waals surface area (Å²) in [4.78, 5) is 4.78. The second-order valence-electron chi connectivity index (χ2n) is 21.6. The van der Waals surface area contributed by atoms with Crippen LogP contribution in [0.2, 0.25) is 36.3 Å². The summed E-state index contributed by atoms with van der Waals surface area (Å²) in [6.45, 7) is 13.8. The SMILES string of the molecule is CC[Si](C#CC(C#CC(C#Cc1cncc(C#CC(C#CC(C#C[Si](CC)(CC)CC)=C(c2ccccc2)c2ccccc2)=C(c2ccccc2)c2ccccc2)c1)=C(c1ccccc1)c1ccccc1)=C(c1ccccc1)c1ccccc1)(CC)CC. The molecule has 9 aromatic rings. The third kappa shape index (κ3) is 16.1. The van der Waals surface area contributed by atoms with E-state index in [0.717, 1.165) is 114 Å². The van der Waals surface area contributed by atoms with Gasteiger partial charge in [0.05, 0.1) is 22.3 Å². The maximum Gasteiger partial charge on any atom is 0.138 e. The Bertz CT molecular complexity index is 3880. The summed E-state index contributed by atoms with van der Waals surface area (Å²) in [6.07, 6.45) is 3.59. The summed E-state index contributed by atoms with van der Waals surface area (Å²) in [5, 5.41) is 0. The van der Waals surface area contributed by atoms with E-state index in [9.17, 15) is 0 Å². The van der Waals surface area contributed by atoms with Crippen molar-refractivity contribution in [1.29, 1.82) is 0 Å². The van der Waals surface area contributed by atoms with Crippen LogP contribution in [-0.4, -0.2) is 21.1 Å². The molecule has 0 unspecified atom stereocenters. The third-order valence-corrected chi connectivity index (χ3v) is 25.9. The van der Waals surface area contributed by atoms with Crippen molar-refractivity contribution in [3.05, 3.63) is 339 Å². The summed E-state index contributed by atoms with van der Waals surface area (Å²) in [6, 6.07) is 92.2. The molecule has 1 aromatic heterocycles. The van der Waals surface area contributed by atoms with Crippen LogP contribution in [-0.2, 0) is 0 Å². The average molecular weight is 1160 g/mol. The second-order valence-corrected chi connectivity index (χ2v) is 31.4. The van der Waals surface area contributed by atoms with Crippen LogP contribution >= 0.6 is 0 Å². The fourth-order valence-electron chi connectivity index (χ4n) is 10.8. The number of pyridine rings is 1. The lowest BCUT2D eigenvalue weighted by atomic mass is 9.91. The number of benzene rings is 8. The van der Waals surface area contributed by atoms with Gasteiger partial charge in [-0.15, -0.1) is 11.1 Å². The van der Waals surface area contributed by atoms with Gasteiger partial charge in [0, 0.05) is 45.8 Å². The van der Waals surface area contributed by atoms with E-state index in [1.807, 2.05) is 30.3 Å². The van der Waals surface area contributed by atoms with Crippen molar-refractivity contribution in [2.24, 2.45) is 0 Å². The first-order chi connectivity index (χ1) is 43.3. The second kappa shape index (κ2) is 31.7. The van der Waals surface area contributed by atoms with Gasteiger partial charge in [0.1, 0.15) is 16.1 Å². The molecular weight excluding hydrogens is 1090 g/mol. The summed E-state index contributed by atoms with van der Waals surface area (Å²) in [5.41, 5.74) is 24.1. The highest BCUT2D eigenvalue weighted by Crippen LogP contribution is 2.33. The summed E-state index contributed by atoms with van der Waals surface area (Å²) < 4.78 is 0. The summed E-state index contributed by atoms with van der Waals surface area (Å²) in [7, 11) is -3.85. The van der Waals surface area contributed by atoms with Gasteiger partial charge in [-0.1, -0.05) is 343 Å². The van der Waals surface area contributed by atoms with E-state index in [-0.39, 0.29) is 0 Å². The summed E-state index contributed by atoms with van der Waals surface area (Å²) >= 11 is 0. The van der Waals surface area contributed by atoms with Crippen LogP contribution in [0.4, 0.5) is 0 Å². The molecule has 0 N–H and O–H groups in total. The van der Waals surface area contributed by atoms with Crippen LogP contribution in [0.15, 0.2) is 283 Å². The van der Waals surface area contributed by atoms with Gasteiger partial charge in [-0.2, -0.15) is 0 Å². The van der Waals surface area contributed by atoms with Crippen LogP contribution in [0.25, 0.3) is 22.3 Å². The predicted molar refractivity (Wildman–Crippen MR) is 379 cm³/mol. The molecule has 1 nitrogen and oxygen atoms in total. The minimum absolute atomic E-state index is 0.656. The lowest BCUT2D eigenvalue weighted by molar-refractivity contribution is 1.20. The van der Waals surface area contributed by atoms with Crippen molar-refractivity contribution in [1.82, 2.24) is 4.98 Å². The van der Waals surface area contributed by atoms with Crippen LogP contribution in [0.3, 0.4) is 0 Å². The fourth-order valence-corrected chi connectivity index (χ4v) is 15.6. The number of aromatic nitrogens is 1. The van der Waals surface area contributed by atoms with Gasteiger partial charge in [0.2, 0.25) is 0 Å². The van der Waals surface area contributed by atoms with E-state index in [1.165, 1.54) is 0 Å². The Labute approximate surface area is 527 Å². The molecule has 0 spiro atoms. The Kier molecular flexibility index (Phi) is 22.4. The Hall–Kier alpha value is -10.3. The number of rotatable bonds is 14. The molecule has 9 rings (SSSR count). The van der Waals surface area contributed by atoms with Crippen LogP contribution < -0.4 is 0 Å². The molecular formula is C85H73NSi2. The van der Waals surface area contributed by atoms with Gasteiger partial charge in [-0.25, -0.2) is 0 Å². The van der Waals surface area contributed by atoms with Crippen molar-refractivity contribution >= 4 is 38.4 Å². The molecule has 88 heavy (non-hydrogen) atoms. The van der Waals surface area contributed by atoms with Gasteiger partial charge in [-0.05, 0) is 86.8 Å². The highest BCUT2D eigenvalue weighted by Gasteiger charge is 2.26. The number of nitrogens with zero attached hydrogens (tertiary/aromatic N) is 1. The van der Waals surface area contributed by atoms with E-state index < -0.39 is 16.1 Å². The largest absolute Gasteiger partial charge is 0.262 e. The topological polar surface area (TPSA) is 12.9 Å². The zero-order valence-corrected chi connectivity index (χ0v) is 53.5. The minimum Gasteiger partial charge on any atom is -0.262 e. The van der Waals surface area contributed by atoms with Crippen molar-refractivity contribution in [2.75, 3.05) is 0 Å². The first kappa shape index (κ1) is 62.2. The molecule has 426 valence electrons. The number of hydrogen-bond acceptors (Lipinski definition) is 1. The lowest BCUT2D eigenvalue weighted by Crippen LogP contribution is -2.29. The first-order valence-electron chi connectivity index (χ1n) is 30.8. The lowest BCUT2D eigenvalue weighted by Gasteiger charge is -2.20. The molecule has 0 amide bonds. The quantitative estimate of drug-likeness (QED) is 0.0781. The third-order valence-electron chi connectivity index (χ3n) is 16.5. The molecule has 0 fully saturated rings. The van der Waals surface area contributed by atoms with Gasteiger partial charge >= 0.3 is 0 Å². The van der Waals surface area contributed by atoms with Gasteiger partial charge < -0.3 is 0 Å².